The Morgan fingerprint density at radius 1 is 1.27 bits per heavy atom. The van der Waals surface area contributed by atoms with Gasteiger partial charge < -0.3 is 4.74 Å². The number of rotatable bonds is 3. The Labute approximate surface area is 89.9 Å². The van der Waals surface area contributed by atoms with Crippen molar-refractivity contribution in [2.45, 2.75) is 11.1 Å². The highest BCUT2D eigenvalue weighted by atomic mass is 32.2. The van der Waals surface area contributed by atoms with Crippen molar-refractivity contribution in [1.82, 2.24) is 0 Å². The van der Waals surface area contributed by atoms with Gasteiger partial charge in [0.2, 0.25) is 0 Å². The Morgan fingerprint density at radius 3 is 2.53 bits per heavy atom. The number of thioether (sulfide) groups is 1. The van der Waals surface area contributed by atoms with Gasteiger partial charge in [-0.1, -0.05) is 23.9 Å². The second-order valence-corrected chi connectivity index (χ2v) is 3.56. The lowest BCUT2D eigenvalue weighted by Gasteiger charge is -2.04. The molecule has 0 aromatic heterocycles. The Bertz CT molecular complexity index is 347. The lowest BCUT2D eigenvalue weighted by atomic mass is 10.3. The third-order valence-corrected chi connectivity index (χ3v) is 2.38. The van der Waals surface area contributed by atoms with Gasteiger partial charge in [0, 0.05) is 6.08 Å². The SMILES string of the molecule is COc1ccccc1S/C=C/C(F)(F)F. The van der Waals surface area contributed by atoms with Crippen molar-refractivity contribution in [3.05, 3.63) is 35.7 Å². The third-order valence-electron chi connectivity index (χ3n) is 1.52. The van der Waals surface area contributed by atoms with Crippen LogP contribution in [0.3, 0.4) is 0 Å². The van der Waals surface area contributed by atoms with Gasteiger partial charge in [-0.3, -0.25) is 0 Å². The predicted molar refractivity (Wildman–Crippen MR) is 54.0 cm³/mol. The number of ether oxygens (including phenoxy) is 1. The molecule has 0 amide bonds. The maximum atomic E-state index is 11.8. The minimum Gasteiger partial charge on any atom is -0.496 e. The summed E-state index contributed by atoms with van der Waals surface area (Å²) in [5, 5.41) is 0.998. The number of allylic oxidation sites excluding steroid dienone is 1. The van der Waals surface area contributed by atoms with Crippen LogP contribution in [0.15, 0.2) is 40.6 Å². The molecule has 1 nitrogen and oxygen atoms in total. The van der Waals surface area contributed by atoms with E-state index in [0.29, 0.717) is 10.6 Å². The Morgan fingerprint density at radius 2 is 1.93 bits per heavy atom. The van der Waals surface area contributed by atoms with Crippen LogP contribution in [0.5, 0.6) is 5.75 Å². The fourth-order valence-corrected chi connectivity index (χ4v) is 1.69. The normalized spacial score (nSPS) is 12.0. The van der Waals surface area contributed by atoms with Crippen LogP contribution in [0.25, 0.3) is 0 Å². The summed E-state index contributed by atoms with van der Waals surface area (Å²) in [4.78, 5) is 0.653. The fourth-order valence-electron chi connectivity index (χ4n) is 0.901. The molecule has 0 spiro atoms. The molecule has 0 aliphatic heterocycles. The molecule has 1 aromatic rings. The minimum absolute atomic E-state index is 0.199. The lowest BCUT2D eigenvalue weighted by molar-refractivity contribution is -0.0796. The summed E-state index contributed by atoms with van der Waals surface area (Å²) in [5.74, 6) is 0.564. The van der Waals surface area contributed by atoms with Gasteiger partial charge in [-0.25, -0.2) is 0 Å². The van der Waals surface area contributed by atoms with Gasteiger partial charge in [0.25, 0.3) is 0 Å². The van der Waals surface area contributed by atoms with E-state index < -0.39 is 6.18 Å². The molecule has 0 radical (unpaired) electrons. The van der Waals surface area contributed by atoms with Gasteiger partial charge in [0.1, 0.15) is 5.75 Å². The first-order chi connectivity index (χ1) is 7.03. The van der Waals surface area contributed by atoms with Gasteiger partial charge in [0.15, 0.2) is 0 Å². The Kier molecular flexibility index (Phi) is 4.08. The first-order valence-corrected chi connectivity index (χ1v) is 4.95. The van der Waals surface area contributed by atoms with Crippen molar-refractivity contribution in [2.24, 2.45) is 0 Å². The molecular formula is C10H9F3OS. The highest BCUT2D eigenvalue weighted by Crippen LogP contribution is 2.30. The summed E-state index contributed by atoms with van der Waals surface area (Å²) in [7, 11) is 1.48. The number of hydrogen-bond acceptors (Lipinski definition) is 2. The summed E-state index contributed by atoms with van der Waals surface area (Å²) in [5.41, 5.74) is 0. The van der Waals surface area contributed by atoms with E-state index in [9.17, 15) is 13.2 Å². The topological polar surface area (TPSA) is 9.23 Å². The average molecular weight is 234 g/mol. The second kappa shape index (κ2) is 5.11. The zero-order chi connectivity index (χ0) is 11.3. The van der Waals surface area contributed by atoms with Gasteiger partial charge in [-0.2, -0.15) is 13.2 Å². The van der Waals surface area contributed by atoms with Crippen LogP contribution in [0.1, 0.15) is 0 Å². The molecule has 15 heavy (non-hydrogen) atoms. The quantitative estimate of drug-likeness (QED) is 0.734. The standard InChI is InChI=1S/C10H9F3OS/c1-14-8-4-2-3-5-9(8)15-7-6-10(11,12)13/h2-7H,1H3/b7-6+. The molecule has 0 saturated heterocycles. The number of hydrogen-bond donors (Lipinski definition) is 0. The van der Waals surface area contributed by atoms with E-state index in [1.807, 2.05) is 0 Å². The van der Waals surface area contributed by atoms with Gasteiger partial charge >= 0.3 is 6.18 Å². The zero-order valence-corrected chi connectivity index (χ0v) is 8.73. The van der Waals surface area contributed by atoms with E-state index in [-0.39, 0.29) is 6.08 Å². The molecule has 0 atom stereocenters. The molecular weight excluding hydrogens is 225 g/mol. The van der Waals surface area contributed by atoms with E-state index in [0.717, 1.165) is 17.2 Å². The van der Waals surface area contributed by atoms with Crippen LogP contribution >= 0.6 is 11.8 Å². The molecule has 0 heterocycles. The molecule has 0 N–H and O–H groups in total. The van der Waals surface area contributed by atoms with Crippen LogP contribution in [-0.4, -0.2) is 13.3 Å². The monoisotopic (exact) mass is 234 g/mol. The fraction of sp³-hybridized carbons (Fsp3) is 0.200. The smallest absolute Gasteiger partial charge is 0.410 e. The molecule has 1 rings (SSSR count). The summed E-state index contributed by atoms with van der Waals surface area (Å²) in [6.45, 7) is 0. The third kappa shape index (κ3) is 4.29. The van der Waals surface area contributed by atoms with Crippen molar-refractivity contribution in [2.75, 3.05) is 7.11 Å². The van der Waals surface area contributed by atoms with E-state index in [2.05, 4.69) is 0 Å². The van der Waals surface area contributed by atoms with Gasteiger partial charge in [0.05, 0.1) is 12.0 Å². The minimum atomic E-state index is -4.27. The molecule has 82 valence electrons. The van der Waals surface area contributed by atoms with Crippen LogP contribution in [0.2, 0.25) is 0 Å². The van der Waals surface area contributed by atoms with E-state index in [1.165, 1.54) is 7.11 Å². The number of alkyl halides is 3. The second-order valence-electron chi connectivity index (χ2n) is 2.61. The van der Waals surface area contributed by atoms with Gasteiger partial charge in [-0.05, 0) is 17.5 Å². The number of methoxy groups -OCH3 is 1. The molecule has 0 aliphatic rings. The van der Waals surface area contributed by atoms with Crippen molar-refractivity contribution in [3.63, 3.8) is 0 Å². The first kappa shape index (κ1) is 12.0. The molecule has 0 bridgehead atoms. The molecule has 5 heteroatoms. The predicted octanol–water partition coefficient (Wildman–Crippen LogP) is 3.86. The van der Waals surface area contributed by atoms with Crippen LogP contribution in [-0.2, 0) is 0 Å². The van der Waals surface area contributed by atoms with E-state index in [1.54, 1.807) is 24.3 Å². The van der Waals surface area contributed by atoms with Crippen molar-refractivity contribution < 1.29 is 17.9 Å². The van der Waals surface area contributed by atoms with Crippen molar-refractivity contribution in [1.29, 1.82) is 0 Å². The summed E-state index contributed by atoms with van der Waals surface area (Å²) in [6, 6.07) is 6.90. The lowest BCUT2D eigenvalue weighted by Crippen LogP contribution is -1.99. The summed E-state index contributed by atoms with van der Waals surface area (Å²) >= 11 is 0.973. The molecule has 0 fully saturated rings. The first-order valence-electron chi connectivity index (χ1n) is 4.07. The zero-order valence-electron chi connectivity index (χ0n) is 7.91. The summed E-state index contributed by atoms with van der Waals surface area (Å²) in [6.07, 6.45) is -4.07. The number of halogens is 3. The average Bonchev–Trinajstić information content (AvgIpc) is 2.16. The molecule has 0 saturated carbocycles. The Hall–Kier alpha value is -1.10. The Balaban J connectivity index is 2.69. The van der Waals surface area contributed by atoms with Crippen molar-refractivity contribution in [3.8, 4) is 5.75 Å². The number of para-hydroxylation sites is 1. The highest BCUT2D eigenvalue weighted by molar-refractivity contribution is 8.02. The molecule has 0 unspecified atom stereocenters. The largest absolute Gasteiger partial charge is 0.496 e. The maximum absolute atomic E-state index is 11.8. The van der Waals surface area contributed by atoms with Crippen LogP contribution in [0, 0.1) is 0 Å². The molecule has 1 aromatic carbocycles. The van der Waals surface area contributed by atoms with Crippen molar-refractivity contribution >= 4 is 11.8 Å². The van der Waals surface area contributed by atoms with Crippen LogP contribution in [0.4, 0.5) is 13.2 Å². The maximum Gasteiger partial charge on any atom is 0.410 e. The highest BCUT2D eigenvalue weighted by Gasteiger charge is 2.21. The summed E-state index contributed by atoms with van der Waals surface area (Å²) < 4.78 is 40.4. The molecule has 0 aliphatic carbocycles. The van der Waals surface area contributed by atoms with Crippen LogP contribution < -0.4 is 4.74 Å². The van der Waals surface area contributed by atoms with E-state index in [4.69, 9.17) is 4.74 Å². The van der Waals surface area contributed by atoms with E-state index >= 15 is 0 Å². The number of benzene rings is 1. The van der Waals surface area contributed by atoms with Gasteiger partial charge in [-0.15, -0.1) is 0 Å².